The lowest BCUT2D eigenvalue weighted by Crippen LogP contribution is -2.33. The molecule has 1 atom stereocenters. The van der Waals surface area contributed by atoms with Crippen LogP contribution in [0.4, 0.5) is 4.39 Å². The highest BCUT2D eigenvalue weighted by atomic mass is 19.1. The maximum atomic E-state index is 14.5. The van der Waals surface area contributed by atoms with Gasteiger partial charge in [-0.25, -0.2) is 4.39 Å². The minimum atomic E-state index is -1.18. The number of benzene rings is 3. The van der Waals surface area contributed by atoms with Gasteiger partial charge in [0.2, 0.25) is 0 Å². The molecule has 0 radical (unpaired) electrons. The summed E-state index contributed by atoms with van der Waals surface area (Å²) in [5, 5.41) is 3.30. The lowest BCUT2D eigenvalue weighted by molar-refractivity contribution is 0.0203. The summed E-state index contributed by atoms with van der Waals surface area (Å²) in [6.45, 7) is 0.942. The van der Waals surface area contributed by atoms with Crippen LogP contribution >= 0.6 is 0 Å². The summed E-state index contributed by atoms with van der Waals surface area (Å²) in [5.74, 6) is -0.606. The maximum Gasteiger partial charge on any atom is 0.261 e. The zero-order valence-corrected chi connectivity index (χ0v) is 19.4. The van der Waals surface area contributed by atoms with Crippen LogP contribution in [0.25, 0.3) is 0 Å². The second-order valence-corrected chi connectivity index (χ2v) is 8.25. The number of fused-ring (bicyclic) bond motifs is 1. The topological polar surface area (TPSA) is 67.9 Å². The lowest BCUT2D eigenvalue weighted by atomic mass is 9.98. The van der Waals surface area contributed by atoms with Crippen LogP contribution in [0.1, 0.15) is 37.9 Å². The number of amides is 2. The van der Waals surface area contributed by atoms with Crippen LogP contribution < -0.4 is 5.32 Å². The largest absolute Gasteiger partial charge is 0.377 e. The van der Waals surface area contributed by atoms with E-state index in [0.717, 1.165) is 11.1 Å². The summed E-state index contributed by atoms with van der Waals surface area (Å²) in [5.41, 5.74) is 2.98. The van der Waals surface area contributed by atoms with E-state index in [1.807, 2.05) is 60.7 Å². The van der Waals surface area contributed by atoms with Crippen molar-refractivity contribution in [2.75, 3.05) is 39.5 Å². The van der Waals surface area contributed by atoms with Crippen LogP contribution in [0.5, 0.6) is 0 Å². The fourth-order valence-corrected chi connectivity index (χ4v) is 4.05. The average Bonchev–Trinajstić information content (AvgIpc) is 3.14. The van der Waals surface area contributed by atoms with Crippen molar-refractivity contribution in [1.29, 1.82) is 0 Å². The fraction of sp³-hybridized carbons (Fsp3) is 0.286. The van der Waals surface area contributed by atoms with Gasteiger partial charge in [0.25, 0.3) is 11.8 Å². The summed E-state index contributed by atoms with van der Waals surface area (Å²) in [6, 6.07) is 26.5. The molecule has 2 amide bonds. The highest BCUT2D eigenvalue weighted by Crippen LogP contribution is 2.23. The smallest absolute Gasteiger partial charge is 0.261 e. The monoisotopic (exact) mass is 476 g/mol. The maximum absolute atomic E-state index is 14.5. The van der Waals surface area contributed by atoms with E-state index in [0.29, 0.717) is 11.1 Å². The van der Waals surface area contributed by atoms with E-state index < -0.39 is 6.17 Å². The number of rotatable bonds is 13. The third kappa shape index (κ3) is 6.39. The number of imide groups is 1. The first kappa shape index (κ1) is 24.7. The minimum Gasteiger partial charge on any atom is -0.377 e. The van der Waals surface area contributed by atoms with Gasteiger partial charge in [-0.1, -0.05) is 72.8 Å². The Labute approximate surface area is 204 Å². The minimum absolute atomic E-state index is 0.0505. The van der Waals surface area contributed by atoms with Crippen molar-refractivity contribution >= 4 is 11.8 Å². The Balaban J connectivity index is 1.13. The molecule has 0 bridgehead atoms. The number of ether oxygens (including phenoxy) is 2. The number of carbonyl (C=O) groups excluding carboxylic acids is 2. The van der Waals surface area contributed by atoms with E-state index >= 15 is 0 Å². The highest BCUT2D eigenvalue weighted by Gasteiger charge is 2.34. The summed E-state index contributed by atoms with van der Waals surface area (Å²) in [7, 11) is 0. The van der Waals surface area contributed by atoms with Gasteiger partial charge in [0.1, 0.15) is 6.17 Å². The molecule has 35 heavy (non-hydrogen) atoms. The lowest BCUT2D eigenvalue weighted by Gasteiger charge is -2.21. The van der Waals surface area contributed by atoms with Crippen LogP contribution in [0.2, 0.25) is 0 Å². The van der Waals surface area contributed by atoms with Crippen LogP contribution in [0.15, 0.2) is 84.9 Å². The summed E-state index contributed by atoms with van der Waals surface area (Å²) < 4.78 is 25.4. The fourth-order valence-electron chi connectivity index (χ4n) is 4.05. The van der Waals surface area contributed by atoms with Crippen molar-refractivity contribution in [3.8, 4) is 0 Å². The van der Waals surface area contributed by atoms with Gasteiger partial charge in [-0.3, -0.25) is 14.5 Å². The van der Waals surface area contributed by atoms with Gasteiger partial charge in [0, 0.05) is 6.54 Å². The Bertz CT molecular complexity index is 1040. The van der Waals surface area contributed by atoms with Crippen LogP contribution in [-0.4, -0.2) is 62.4 Å². The molecule has 1 heterocycles. The SMILES string of the molecule is O=C1c2ccccc2C(=O)N1CCOCCOCC(F)CNC(c1ccccc1)c1ccccc1. The zero-order valence-electron chi connectivity index (χ0n) is 19.4. The molecule has 3 aromatic carbocycles. The Morgan fingerprint density at radius 1 is 0.714 bits per heavy atom. The van der Waals surface area contributed by atoms with E-state index in [1.165, 1.54) is 4.90 Å². The van der Waals surface area contributed by atoms with Crippen molar-refractivity contribution < 1.29 is 23.5 Å². The molecule has 0 fully saturated rings. The second-order valence-electron chi connectivity index (χ2n) is 8.25. The Kier molecular flexibility index (Phi) is 8.73. The number of nitrogens with zero attached hydrogens (tertiary/aromatic N) is 1. The first-order valence-corrected chi connectivity index (χ1v) is 11.7. The molecule has 3 aromatic rings. The van der Waals surface area contributed by atoms with Gasteiger partial charge in [-0.05, 0) is 23.3 Å². The van der Waals surface area contributed by atoms with Crippen molar-refractivity contribution in [3.05, 3.63) is 107 Å². The molecule has 1 N–H and O–H groups in total. The molecule has 0 spiro atoms. The summed E-state index contributed by atoms with van der Waals surface area (Å²) in [6.07, 6.45) is -1.18. The number of alkyl halides is 1. The molecule has 4 rings (SSSR count). The number of hydrogen-bond donors (Lipinski definition) is 1. The quantitative estimate of drug-likeness (QED) is 0.298. The van der Waals surface area contributed by atoms with Gasteiger partial charge in [0.05, 0.1) is 50.1 Å². The average molecular weight is 477 g/mol. The number of carbonyl (C=O) groups is 2. The third-order valence-corrected chi connectivity index (χ3v) is 5.82. The van der Waals surface area contributed by atoms with Crippen molar-refractivity contribution in [2.24, 2.45) is 0 Å². The van der Waals surface area contributed by atoms with Crippen LogP contribution in [-0.2, 0) is 9.47 Å². The number of hydrogen-bond acceptors (Lipinski definition) is 5. The summed E-state index contributed by atoms with van der Waals surface area (Å²) >= 11 is 0. The molecule has 0 aromatic heterocycles. The predicted molar refractivity (Wildman–Crippen MR) is 131 cm³/mol. The third-order valence-electron chi connectivity index (χ3n) is 5.82. The second kappa shape index (κ2) is 12.4. The van der Waals surface area contributed by atoms with Gasteiger partial charge in [-0.15, -0.1) is 0 Å². The molecule has 0 saturated heterocycles. The van der Waals surface area contributed by atoms with Gasteiger partial charge < -0.3 is 14.8 Å². The Morgan fingerprint density at radius 3 is 1.80 bits per heavy atom. The summed E-state index contributed by atoms with van der Waals surface area (Å²) in [4.78, 5) is 25.8. The number of nitrogens with one attached hydrogen (secondary N) is 1. The molecular weight excluding hydrogens is 447 g/mol. The first-order valence-electron chi connectivity index (χ1n) is 11.7. The molecule has 1 aliphatic heterocycles. The Morgan fingerprint density at radius 2 is 1.23 bits per heavy atom. The van der Waals surface area contributed by atoms with E-state index in [-0.39, 0.29) is 57.4 Å². The van der Waals surface area contributed by atoms with Crippen LogP contribution in [0.3, 0.4) is 0 Å². The molecular formula is C28H29FN2O4. The Hall–Kier alpha value is -3.39. The van der Waals surface area contributed by atoms with Crippen molar-refractivity contribution in [3.63, 3.8) is 0 Å². The number of halogens is 1. The van der Waals surface area contributed by atoms with Gasteiger partial charge >= 0.3 is 0 Å². The molecule has 7 heteroatoms. The molecule has 0 saturated carbocycles. The first-order chi connectivity index (χ1) is 17.1. The molecule has 182 valence electrons. The van der Waals surface area contributed by atoms with E-state index in [9.17, 15) is 14.0 Å². The molecule has 1 unspecified atom stereocenters. The zero-order chi connectivity index (χ0) is 24.5. The van der Waals surface area contributed by atoms with Crippen molar-refractivity contribution in [2.45, 2.75) is 12.2 Å². The van der Waals surface area contributed by atoms with Crippen LogP contribution in [0, 0.1) is 0 Å². The normalized spacial score (nSPS) is 13.9. The molecule has 6 nitrogen and oxygen atoms in total. The predicted octanol–water partition coefficient (Wildman–Crippen LogP) is 4.03. The van der Waals surface area contributed by atoms with E-state index in [1.54, 1.807) is 24.3 Å². The van der Waals surface area contributed by atoms with Gasteiger partial charge in [0.15, 0.2) is 0 Å². The highest BCUT2D eigenvalue weighted by molar-refractivity contribution is 6.21. The van der Waals surface area contributed by atoms with E-state index in [2.05, 4.69) is 5.32 Å². The van der Waals surface area contributed by atoms with Gasteiger partial charge in [-0.2, -0.15) is 0 Å². The molecule has 0 aliphatic carbocycles. The molecule has 1 aliphatic rings. The standard InChI is InChI=1S/C28H29FN2O4/c29-23(19-30-26(21-9-3-1-4-10-21)22-11-5-2-6-12-22)20-35-18-17-34-16-15-31-27(32)24-13-7-8-14-25(24)28(31)33/h1-14,23,26,30H,15-20H2. The van der Waals surface area contributed by atoms with E-state index in [4.69, 9.17) is 9.47 Å². The van der Waals surface area contributed by atoms with Crippen molar-refractivity contribution in [1.82, 2.24) is 10.2 Å².